The van der Waals surface area contributed by atoms with Crippen LogP contribution in [0, 0.1) is 0 Å². The van der Waals surface area contributed by atoms with Crippen molar-refractivity contribution in [2.24, 2.45) is 0 Å². The largest absolute Gasteiger partial charge is 0.378 e. The fraction of sp³-hybridized carbons (Fsp3) is 0.667. The van der Waals surface area contributed by atoms with Gasteiger partial charge in [-0.05, 0) is 50.3 Å². The Morgan fingerprint density at radius 1 is 1.35 bits per heavy atom. The third kappa shape index (κ3) is 4.75. The molecular weight excluding hydrogens is 290 g/mol. The molecule has 2 fully saturated rings. The number of ether oxygens (including phenoxy) is 1. The van der Waals surface area contributed by atoms with Crippen molar-refractivity contribution in [1.29, 1.82) is 0 Å². The molecule has 0 unspecified atom stereocenters. The van der Waals surface area contributed by atoms with Gasteiger partial charge in [-0.25, -0.2) is 0 Å². The fourth-order valence-electron chi connectivity index (χ4n) is 3.55. The summed E-state index contributed by atoms with van der Waals surface area (Å²) >= 11 is 0. The lowest BCUT2D eigenvalue weighted by Crippen LogP contribution is -2.49. The van der Waals surface area contributed by atoms with Crippen molar-refractivity contribution in [1.82, 2.24) is 15.2 Å². The molecular formula is C18H27N3O2. The molecule has 2 aliphatic heterocycles. The number of carbonyl (C=O) groups is 1. The zero-order valence-electron chi connectivity index (χ0n) is 13.7. The minimum Gasteiger partial charge on any atom is -0.378 e. The molecule has 3 heterocycles. The molecule has 5 heteroatoms. The summed E-state index contributed by atoms with van der Waals surface area (Å²) in [6.45, 7) is 3.39. The van der Waals surface area contributed by atoms with Crippen LogP contribution in [0.3, 0.4) is 0 Å². The van der Waals surface area contributed by atoms with Crippen molar-refractivity contribution >= 4 is 5.91 Å². The first-order valence-corrected chi connectivity index (χ1v) is 8.85. The van der Waals surface area contributed by atoms with Gasteiger partial charge in [0.05, 0.1) is 12.1 Å². The van der Waals surface area contributed by atoms with Gasteiger partial charge in [-0.2, -0.15) is 0 Å². The lowest BCUT2D eigenvalue weighted by atomic mass is 10.0. The third-order valence-corrected chi connectivity index (χ3v) is 4.81. The van der Waals surface area contributed by atoms with E-state index in [0.29, 0.717) is 6.10 Å². The van der Waals surface area contributed by atoms with Crippen molar-refractivity contribution in [2.75, 3.05) is 19.7 Å². The highest BCUT2D eigenvalue weighted by atomic mass is 16.5. The number of hydrogen-bond donors (Lipinski definition) is 1. The molecule has 1 aromatic heterocycles. The molecule has 2 saturated heterocycles. The summed E-state index contributed by atoms with van der Waals surface area (Å²) in [7, 11) is 0. The smallest absolute Gasteiger partial charge is 0.237 e. The number of amides is 1. The molecule has 0 spiro atoms. The second-order valence-electron chi connectivity index (χ2n) is 6.56. The Balaban J connectivity index is 1.49. The van der Waals surface area contributed by atoms with E-state index >= 15 is 0 Å². The van der Waals surface area contributed by atoms with Gasteiger partial charge in [-0.1, -0.05) is 12.5 Å². The van der Waals surface area contributed by atoms with Gasteiger partial charge in [0.1, 0.15) is 0 Å². The second-order valence-corrected chi connectivity index (χ2v) is 6.56. The van der Waals surface area contributed by atoms with E-state index in [4.69, 9.17) is 4.74 Å². The van der Waals surface area contributed by atoms with Gasteiger partial charge >= 0.3 is 0 Å². The summed E-state index contributed by atoms with van der Waals surface area (Å²) in [5.74, 6) is 0.173. The Morgan fingerprint density at radius 2 is 2.30 bits per heavy atom. The number of nitrogens with zero attached hydrogens (tertiary/aromatic N) is 2. The number of aromatic nitrogens is 1. The molecule has 23 heavy (non-hydrogen) atoms. The summed E-state index contributed by atoms with van der Waals surface area (Å²) in [5.41, 5.74) is 1.17. The maximum absolute atomic E-state index is 12.6. The second kappa shape index (κ2) is 8.41. The molecule has 0 aliphatic carbocycles. The Labute approximate surface area is 138 Å². The summed E-state index contributed by atoms with van der Waals surface area (Å²) in [6, 6.07) is 4.03. The van der Waals surface area contributed by atoms with Crippen LogP contribution < -0.4 is 5.32 Å². The van der Waals surface area contributed by atoms with Crippen LogP contribution in [-0.2, 0) is 16.1 Å². The highest BCUT2D eigenvalue weighted by molar-refractivity contribution is 5.81. The molecule has 126 valence electrons. The normalized spacial score (nSPS) is 25.4. The van der Waals surface area contributed by atoms with Crippen molar-refractivity contribution in [2.45, 2.75) is 57.2 Å². The lowest BCUT2D eigenvalue weighted by molar-refractivity contribution is -0.128. The average Bonchev–Trinajstić information content (AvgIpc) is 3.09. The average molecular weight is 317 g/mol. The standard InChI is InChI=1S/C18H27N3O2/c22-18(20-10-8-16-6-4-12-23-16)17-7-1-2-11-21(17)14-15-5-3-9-19-13-15/h3,5,9,13,16-17H,1-2,4,6-8,10-12,14H2,(H,20,22)/t16-,17-/m0/s1. The molecule has 1 aromatic rings. The zero-order valence-corrected chi connectivity index (χ0v) is 13.7. The van der Waals surface area contributed by atoms with E-state index < -0.39 is 0 Å². The molecule has 0 saturated carbocycles. The maximum Gasteiger partial charge on any atom is 0.237 e. The monoisotopic (exact) mass is 317 g/mol. The highest BCUT2D eigenvalue weighted by Gasteiger charge is 2.28. The Morgan fingerprint density at radius 3 is 3.09 bits per heavy atom. The molecule has 0 bridgehead atoms. The van der Waals surface area contributed by atoms with Gasteiger partial charge in [0.15, 0.2) is 0 Å². The summed E-state index contributed by atoms with van der Waals surface area (Å²) in [4.78, 5) is 19.0. The van der Waals surface area contributed by atoms with E-state index in [1.807, 2.05) is 12.3 Å². The Hall–Kier alpha value is -1.46. The minimum atomic E-state index is -0.00606. The maximum atomic E-state index is 12.6. The minimum absolute atomic E-state index is 0.00606. The summed E-state index contributed by atoms with van der Waals surface area (Å²) in [5, 5.41) is 3.12. The third-order valence-electron chi connectivity index (χ3n) is 4.81. The van der Waals surface area contributed by atoms with Crippen LogP contribution in [0.5, 0.6) is 0 Å². The van der Waals surface area contributed by atoms with Crippen molar-refractivity contribution < 1.29 is 9.53 Å². The first kappa shape index (κ1) is 16.4. The number of pyridine rings is 1. The number of rotatable bonds is 6. The molecule has 0 aromatic carbocycles. The van der Waals surface area contributed by atoms with Gasteiger partial charge in [-0.15, -0.1) is 0 Å². The SMILES string of the molecule is O=C(NCC[C@@H]1CCCO1)[C@@H]1CCCCN1Cc1cccnc1. The molecule has 2 aliphatic rings. The van der Waals surface area contributed by atoms with Gasteiger partial charge in [0.2, 0.25) is 5.91 Å². The predicted molar refractivity (Wildman–Crippen MR) is 88.9 cm³/mol. The molecule has 1 N–H and O–H groups in total. The van der Waals surface area contributed by atoms with E-state index in [1.54, 1.807) is 6.20 Å². The van der Waals surface area contributed by atoms with E-state index in [0.717, 1.165) is 58.3 Å². The number of likely N-dealkylation sites (tertiary alicyclic amines) is 1. The van der Waals surface area contributed by atoms with E-state index in [2.05, 4.69) is 21.3 Å². The van der Waals surface area contributed by atoms with Crippen LogP contribution in [0.1, 0.15) is 44.1 Å². The number of carbonyl (C=O) groups excluding carboxylic acids is 1. The Bertz CT molecular complexity index is 488. The van der Waals surface area contributed by atoms with Crippen LogP contribution >= 0.6 is 0 Å². The summed E-state index contributed by atoms with van der Waals surface area (Å²) in [6.07, 6.45) is 10.5. The van der Waals surface area contributed by atoms with Crippen LogP contribution in [-0.4, -0.2) is 47.6 Å². The highest BCUT2D eigenvalue weighted by Crippen LogP contribution is 2.20. The zero-order chi connectivity index (χ0) is 15.9. The van der Waals surface area contributed by atoms with Crippen LogP contribution in [0.4, 0.5) is 0 Å². The molecule has 3 rings (SSSR count). The Kier molecular flexibility index (Phi) is 6.00. The van der Waals surface area contributed by atoms with Gasteiger partial charge in [-0.3, -0.25) is 14.7 Å². The number of hydrogen-bond acceptors (Lipinski definition) is 4. The van der Waals surface area contributed by atoms with Gasteiger partial charge in [0.25, 0.3) is 0 Å². The van der Waals surface area contributed by atoms with E-state index in [1.165, 1.54) is 12.0 Å². The van der Waals surface area contributed by atoms with Crippen LogP contribution in [0.25, 0.3) is 0 Å². The quantitative estimate of drug-likeness (QED) is 0.873. The first-order chi connectivity index (χ1) is 11.3. The van der Waals surface area contributed by atoms with Crippen molar-refractivity contribution in [3.63, 3.8) is 0 Å². The van der Waals surface area contributed by atoms with Crippen molar-refractivity contribution in [3.8, 4) is 0 Å². The van der Waals surface area contributed by atoms with Crippen LogP contribution in [0.15, 0.2) is 24.5 Å². The van der Waals surface area contributed by atoms with Crippen molar-refractivity contribution in [3.05, 3.63) is 30.1 Å². The number of piperidine rings is 1. The number of nitrogens with one attached hydrogen (secondary N) is 1. The molecule has 2 atom stereocenters. The first-order valence-electron chi connectivity index (χ1n) is 8.85. The topological polar surface area (TPSA) is 54.5 Å². The molecule has 0 radical (unpaired) electrons. The fourth-order valence-corrected chi connectivity index (χ4v) is 3.55. The molecule has 1 amide bonds. The van der Waals surface area contributed by atoms with E-state index in [-0.39, 0.29) is 11.9 Å². The molecule has 5 nitrogen and oxygen atoms in total. The lowest BCUT2D eigenvalue weighted by Gasteiger charge is -2.34. The summed E-state index contributed by atoms with van der Waals surface area (Å²) < 4.78 is 5.61. The van der Waals surface area contributed by atoms with Gasteiger partial charge in [0, 0.05) is 32.1 Å². The van der Waals surface area contributed by atoms with Crippen LogP contribution in [0.2, 0.25) is 0 Å². The van der Waals surface area contributed by atoms with E-state index in [9.17, 15) is 4.79 Å². The van der Waals surface area contributed by atoms with Gasteiger partial charge < -0.3 is 10.1 Å². The predicted octanol–water partition coefficient (Wildman–Crippen LogP) is 2.12.